The van der Waals surface area contributed by atoms with E-state index >= 15 is 0 Å². The molecule has 1 atom stereocenters. The van der Waals surface area contributed by atoms with Crippen LogP contribution in [0.25, 0.3) is 11.4 Å². The fourth-order valence-corrected chi connectivity index (χ4v) is 3.75. The topological polar surface area (TPSA) is 34.0 Å². The second-order valence-electron chi connectivity index (χ2n) is 6.84. The largest absolute Gasteiger partial charge is 0.330 e. The first kappa shape index (κ1) is 16.0. The predicted molar refractivity (Wildman–Crippen MR) is 100 cm³/mol. The van der Waals surface area contributed by atoms with Gasteiger partial charge in [-0.2, -0.15) is 0 Å². The number of hydrogen-bond donors (Lipinski definition) is 0. The van der Waals surface area contributed by atoms with Crippen molar-refractivity contribution in [1.82, 2.24) is 19.4 Å². The summed E-state index contributed by atoms with van der Waals surface area (Å²) in [5.74, 6) is 1.01. The van der Waals surface area contributed by atoms with Gasteiger partial charge in [0.05, 0.1) is 17.6 Å². The zero-order valence-electron chi connectivity index (χ0n) is 14.9. The van der Waals surface area contributed by atoms with E-state index in [1.807, 2.05) is 26.4 Å². The van der Waals surface area contributed by atoms with Crippen LogP contribution in [-0.4, -0.2) is 26.0 Å². The molecule has 0 aliphatic carbocycles. The lowest BCUT2D eigenvalue weighted by molar-refractivity contribution is 0.248. The van der Waals surface area contributed by atoms with Crippen LogP contribution in [0.2, 0.25) is 0 Å². The summed E-state index contributed by atoms with van der Waals surface area (Å²) in [4.78, 5) is 11.6. The van der Waals surface area contributed by atoms with Crippen molar-refractivity contribution in [2.75, 3.05) is 6.54 Å². The van der Waals surface area contributed by atoms with Gasteiger partial charge >= 0.3 is 0 Å². The zero-order chi connectivity index (χ0) is 17.2. The first-order valence-corrected chi connectivity index (χ1v) is 8.95. The van der Waals surface area contributed by atoms with Crippen LogP contribution >= 0.6 is 0 Å². The minimum absolute atomic E-state index is 0.469. The minimum atomic E-state index is 0.469. The first-order valence-electron chi connectivity index (χ1n) is 8.95. The fraction of sp³-hybridized carbons (Fsp3) is 0.333. The van der Waals surface area contributed by atoms with Crippen LogP contribution < -0.4 is 0 Å². The molecule has 2 aromatic heterocycles. The number of pyridine rings is 1. The van der Waals surface area contributed by atoms with Gasteiger partial charge in [-0.1, -0.05) is 30.3 Å². The summed E-state index contributed by atoms with van der Waals surface area (Å²) >= 11 is 0. The number of benzene rings is 1. The molecule has 1 saturated heterocycles. The van der Waals surface area contributed by atoms with Gasteiger partial charge in [-0.25, -0.2) is 4.98 Å². The molecule has 1 aliphatic rings. The molecule has 3 aromatic rings. The smallest absolute Gasteiger partial charge is 0.105 e. The van der Waals surface area contributed by atoms with Crippen LogP contribution in [0, 0.1) is 6.92 Å². The van der Waals surface area contributed by atoms with Gasteiger partial charge in [0.25, 0.3) is 0 Å². The molecule has 4 rings (SSSR count). The second-order valence-corrected chi connectivity index (χ2v) is 6.84. The third-order valence-corrected chi connectivity index (χ3v) is 5.24. The SMILES string of the molecule is Cc1ncc(-c2cc([C@H]3CCCN3Cc3ccccc3)ccn2)n1C. The van der Waals surface area contributed by atoms with E-state index in [9.17, 15) is 0 Å². The van der Waals surface area contributed by atoms with Gasteiger partial charge in [-0.05, 0) is 49.6 Å². The van der Waals surface area contributed by atoms with Crippen LogP contribution in [0.4, 0.5) is 0 Å². The van der Waals surface area contributed by atoms with Crippen molar-refractivity contribution in [3.63, 3.8) is 0 Å². The Morgan fingerprint density at radius 3 is 2.72 bits per heavy atom. The first-order chi connectivity index (χ1) is 12.2. The van der Waals surface area contributed by atoms with Crippen molar-refractivity contribution in [1.29, 1.82) is 0 Å². The Labute approximate surface area is 149 Å². The van der Waals surface area contributed by atoms with E-state index in [0.717, 1.165) is 30.3 Å². The van der Waals surface area contributed by atoms with Crippen molar-refractivity contribution >= 4 is 0 Å². The second kappa shape index (κ2) is 6.81. The van der Waals surface area contributed by atoms with E-state index in [1.54, 1.807) is 0 Å². The molecule has 0 radical (unpaired) electrons. The monoisotopic (exact) mass is 332 g/mol. The van der Waals surface area contributed by atoms with Gasteiger partial charge in [-0.15, -0.1) is 0 Å². The summed E-state index contributed by atoms with van der Waals surface area (Å²) < 4.78 is 2.10. The summed E-state index contributed by atoms with van der Waals surface area (Å²) in [6, 6.07) is 15.6. The number of likely N-dealkylation sites (tertiary alicyclic amines) is 1. The van der Waals surface area contributed by atoms with E-state index in [1.165, 1.54) is 24.0 Å². The number of imidazole rings is 1. The van der Waals surface area contributed by atoms with Crippen molar-refractivity contribution in [2.24, 2.45) is 7.05 Å². The van der Waals surface area contributed by atoms with Gasteiger partial charge < -0.3 is 4.57 Å². The van der Waals surface area contributed by atoms with Crippen molar-refractivity contribution in [3.8, 4) is 11.4 Å². The molecule has 128 valence electrons. The Bertz CT molecular complexity index is 853. The molecule has 3 heterocycles. The molecular formula is C21H24N4. The van der Waals surface area contributed by atoms with Gasteiger partial charge in [-0.3, -0.25) is 9.88 Å². The van der Waals surface area contributed by atoms with Crippen molar-refractivity contribution < 1.29 is 0 Å². The van der Waals surface area contributed by atoms with E-state index in [-0.39, 0.29) is 0 Å². The number of rotatable bonds is 4. The van der Waals surface area contributed by atoms with Gasteiger partial charge in [0.15, 0.2) is 0 Å². The Kier molecular flexibility index (Phi) is 4.36. The van der Waals surface area contributed by atoms with E-state index in [2.05, 4.69) is 61.9 Å². The Morgan fingerprint density at radius 1 is 1.12 bits per heavy atom. The predicted octanol–water partition coefficient (Wildman–Crippen LogP) is 4.13. The molecule has 0 N–H and O–H groups in total. The zero-order valence-corrected chi connectivity index (χ0v) is 14.9. The Hall–Kier alpha value is -2.46. The van der Waals surface area contributed by atoms with Crippen LogP contribution in [-0.2, 0) is 13.6 Å². The van der Waals surface area contributed by atoms with E-state index in [0.29, 0.717) is 6.04 Å². The van der Waals surface area contributed by atoms with Crippen molar-refractivity contribution in [3.05, 3.63) is 71.8 Å². The lowest BCUT2D eigenvalue weighted by Crippen LogP contribution is -2.22. The van der Waals surface area contributed by atoms with Gasteiger partial charge in [0, 0.05) is 25.8 Å². The molecule has 25 heavy (non-hydrogen) atoms. The normalized spacial score (nSPS) is 17.9. The van der Waals surface area contributed by atoms with Crippen LogP contribution in [0.1, 0.15) is 35.8 Å². The van der Waals surface area contributed by atoms with Gasteiger partial charge in [0.2, 0.25) is 0 Å². The van der Waals surface area contributed by atoms with Crippen LogP contribution in [0.3, 0.4) is 0 Å². The lowest BCUT2D eigenvalue weighted by Gasteiger charge is -2.25. The van der Waals surface area contributed by atoms with E-state index in [4.69, 9.17) is 0 Å². The number of hydrogen-bond acceptors (Lipinski definition) is 3. The molecule has 0 unspecified atom stereocenters. The minimum Gasteiger partial charge on any atom is -0.330 e. The molecule has 1 aromatic carbocycles. The maximum Gasteiger partial charge on any atom is 0.105 e. The highest BCUT2D eigenvalue weighted by molar-refractivity contribution is 5.55. The molecule has 0 bridgehead atoms. The van der Waals surface area contributed by atoms with Crippen molar-refractivity contribution in [2.45, 2.75) is 32.4 Å². The Balaban J connectivity index is 1.60. The molecular weight excluding hydrogens is 308 g/mol. The summed E-state index contributed by atoms with van der Waals surface area (Å²) in [6.07, 6.45) is 6.31. The van der Waals surface area contributed by atoms with Crippen LogP contribution in [0.15, 0.2) is 54.9 Å². The highest BCUT2D eigenvalue weighted by Gasteiger charge is 2.26. The van der Waals surface area contributed by atoms with Crippen LogP contribution in [0.5, 0.6) is 0 Å². The van der Waals surface area contributed by atoms with E-state index < -0.39 is 0 Å². The Morgan fingerprint density at radius 2 is 1.96 bits per heavy atom. The molecule has 1 aliphatic heterocycles. The maximum atomic E-state index is 4.58. The fourth-order valence-electron chi connectivity index (χ4n) is 3.75. The molecule has 4 heteroatoms. The third kappa shape index (κ3) is 3.22. The number of nitrogens with zero attached hydrogens (tertiary/aromatic N) is 4. The molecule has 4 nitrogen and oxygen atoms in total. The molecule has 0 amide bonds. The average molecular weight is 332 g/mol. The quantitative estimate of drug-likeness (QED) is 0.720. The highest BCUT2D eigenvalue weighted by atomic mass is 15.2. The third-order valence-electron chi connectivity index (χ3n) is 5.24. The summed E-state index contributed by atoms with van der Waals surface area (Å²) in [6.45, 7) is 4.18. The summed E-state index contributed by atoms with van der Waals surface area (Å²) in [5, 5.41) is 0. The maximum absolute atomic E-state index is 4.58. The van der Waals surface area contributed by atoms with Gasteiger partial charge in [0.1, 0.15) is 5.82 Å². The number of aryl methyl sites for hydroxylation is 1. The average Bonchev–Trinajstić information content (AvgIpc) is 3.23. The highest BCUT2D eigenvalue weighted by Crippen LogP contribution is 2.34. The summed E-state index contributed by atoms with van der Waals surface area (Å²) in [7, 11) is 2.04. The molecule has 1 fully saturated rings. The molecule has 0 saturated carbocycles. The summed E-state index contributed by atoms with van der Waals surface area (Å²) in [5.41, 5.74) is 4.82. The molecule has 0 spiro atoms. The number of aromatic nitrogens is 3. The standard InChI is InChI=1S/C21H24N4/c1-16-23-14-21(24(16)2)19-13-18(10-11-22-19)20-9-6-12-25(20)15-17-7-4-3-5-8-17/h3-5,7-8,10-11,13-14,20H,6,9,12,15H2,1-2H3/t20-/m1/s1. The lowest BCUT2D eigenvalue weighted by atomic mass is 10.0.